The van der Waals surface area contributed by atoms with Crippen LogP contribution in [0.25, 0.3) is 0 Å². The van der Waals surface area contributed by atoms with E-state index in [0.29, 0.717) is 4.31 Å². The molecule has 2 rings (SSSR count). The lowest BCUT2D eigenvalue weighted by molar-refractivity contribution is -0.275. The molecule has 0 aromatic heterocycles. The zero-order chi connectivity index (χ0) is 16.5. The molecule has 10 heteroatoms. The Kier molecular flexibility index (Phi) is 4.64. The molecule has 1 aliphatic heterocycles. The summed E-state index contributed by atoms with van der Waals surface area (Å²) in [6.45, 7) is -1.14. The molecule has 0 bridgehead atoms. The first-order valence-electron chi connectivity index (χ1n) is 6.26. The Morgan fingerprint density at radius 3 is 2.55 bits per heavy atom. The van der Waals surface area contributed by atoms with Gasteiger partial charge < -0.3 is 9.84 Å². The summed E-state index contributed by atoms with van der Waals surface area (Å²) in [6.07, 6.45) is -6.75. The third kappa shape index (κ3) is 3.50. The molecule has 0 amide bonds. The fourth-order valence-electron chi connectivity index (χ4n) is 2.29. The van der Waals surface area contributed by atoms with Crippen LogP contribution in [0.5, 0.6) is 5.75 Å². The summed E-state index contributed by atoms with van der Waals surface area (Å²) in [4.78, 5) is -0.722. The van der Waals surface area contributed by atoms with E-state index in [-0.39, 0.29) is 6.42 Å². The van der Waals surface area contributed by atoms with Crippen LogP contribution in [0.15, 0.2) is 29.2 Å². The Morgan fingerprint density at radius 2 is 1.95 bits per heavy atom. The molecular weight excluding hydrogens is 330 g/mol. The highest BCUT2D eigenvalue weighted by Crippen LogP contribution is 2.34. The number of hydrogen-bond acceptors (Lipinski definition) is 4. The molecular formula is C12H13F4NO4S. The molecule has 1 fully saturated rings. The van der Waals surface area contributed by atoms with E-state index < -0.39 is 52.4 Å². The normalized spacial score (nSPS) is 23.7. The number of aliphatic hydroxyl groups excluding tert-OH is 1. The van der Waals surface area contributed by atoms with E-state index in [1.54, 1.807) is 0 Å². The van der Waals surface area contributed by atoms with Crippen LogP contribution in [0.1, 0.15) is 6.42 Å². The van der Waals surface area contributed by atoms with Gasteiger partial charge >= 0.3 is 6.36 Å². The van der Waals surface area contributed by atoms with Crippen molar-refractivity contribution in [1.29, 1.82) is 0 Å². The molecule has 1 aromatic carbocycles. The van der Waals surface area contributed by atoms with Crippen LogP contribution in [-0.2, 0) is 10.0 Å². The zero-order valence-electron chi connectivity index (χ0n) is 11.1. The number of hydrogen-bond donors (Lipinski definition) is 1. The lowest BCUT2D eigenvalue weighted by Crippen LogP contribution is -2.38. The predicted octanol–water partition coefficient (Wildman–Crippen LogP) is 1.68. The van der Waals surface area contributed by atoms with Crippen molar-refractivity contribution in [2.75, 3.05) is 13.2 Å². The average molecular weight is 343 g/mol. The summed E-state index contributed by atoms with van der Waals surface area (Å²) >= 11 is 0. The van der Waals surface area contributed by atoms with Crippen molar-refractivity contribution >= 4 is 10.0 Å². The number of halogens is 4. The Balaban J connectivity index is 2.42. The SMILES string of the molecule is O=S(=O)(c1ccccc1OC(F)(F)F)N1C[C@@H](F)C[C@H]1CO. The molecule has 0 saturated carbocycles. The second-order valence-electron chi connectivity index (χ2n) is 4.74. The maximum Gasteiger partial charge on any atom is 0.573 e. The summed E-state index contributed by atoms with van der Waals surface area (Å²) in [6, 6.07) is 3.20. The molecule has 124 valence electrons. The lowest BCUT2D eigenvalue weighted by atomic mass is 10.2. The van der Waals surface area contributed by atoms with Crippen LogP contribution in [0, 0.1) is 0 Å². The van der Waals surface area contributed by atoms with Crippen molar-refractivity contribution < 1.29 is 35.8 Å². The molecule has 1 N–H and O–H groups in total. The summed E-state index contributed by atoms with van der Waals surface area (Å²) in [5.74, 6) is -0.894. The highest BCUT2D eigenvalue weighted by molar-refractivity contribution is 7.89. The second kappa shape index (κ2) is 6.01. The molecule has 0 aliphatic carbocycles. The number of sulfonamides is 1. The van der Waals surface area contributed by atoms with Gasteiger partial charge in [-0.2, -0.15) is 4.31 Å². The van der Waals surface area contributed by atoms with Crippen molar-refractivity contribution in [2.45, 2.75) is 29.9 Å². The van der Waals surface area contributed by atoms with Crippen molar-refractivity contribution in [3.05, 3.63) is 24.3 Å². The summed E-state index contributed by atoms with van der Waals surface area (Å²) in [7, 11) is -4.43. The first-order chi connectivity index (χ1) is 10.1. The van der Waals surface area contributed by atoms with Crippen LogP contribution in [0.4, 0.5) is 17.6 Å². The zero-order valence-corrected chi connectivity index (χ0v) is 11.9. The van der Waals surface area contributed by atoms with Gasteiger partial charge in [-0.05, 0) is 18.6 Å². The van der Waals surface area contributed by atoms with E-state index in [1.807, 2.05) is 0 Å². The largest absolute Gasteiger partial charge is 0.573 e. The van der Waals surface area contributed by atoms with Crippen molar-refractivity contribution in [2.24, 2.45) is 0 Å². The van der Waals surface area contributed by atoms with Crippen LogP contribution >= 0.6 is 0 Å². The Labute approximate surface area is 124 Å². The van der Waals surface area contributed by atoms with Crippen LogP contribution < -0.4 is 4.74 Å². The average Bonchev–Trinajstić information content (AvgIpc) is 2.79. The minimum absolute atomic E-state index is 0.210. The first-order valence-corrected chi connectivity index (χ1v) is 7.70. The van der Waals surface area contributed by atoms with Gasteiger partial charge in [-0.25, -0.2) is 12.8 Å². The van der Waals surface area contributed by atoms with Gasteiger partial charge in [0.25, 0.3) is 0 Å². The van der Waals surface area contributed by atoms with E-state index in [9.17, 15) is 26.0 Å². The molecule has 5 nitrogen and oxygen atoms in total. The molecule has 1 aromatic rings. The third-order valence-corrected chi connectivity index (χ3v) is 5.14. The molecule has 1 saturated heterocycles. The third-order valence-electron chi connectivity index (χ3n) is 3.19. The van der Waals surface area contributed by atoms with Crippen molar-refractivity contribution in [3.8, 4) is 5.75 Å². The van der Waals surface area contributed by atoms with E-state index in [0.717, 1.165) is 12.1 Å². The van der Waals surface area contributed by atoms with Gasteiger partial charge in [0.1, 0.15) is 16.8 Å². The summed E-state index contributed by atoms with van der Waals surface area (Å²) in [5.41, 5.74) is 0. The molecule has 0 spiro atoms. The number of nitrogens with zero attached hydrogens (tertiary/aromatic N) is 1. The summed E-state index contributed by atoms with van der Waals surface area (Å²) < 4.78 is 79.8. The fourth-order valence-corrected chi connectivity index (χ4v) is 4.06. The van der Waals surface area contributed by atoms with Gasteiger partial charge in [0.05, 0.1) is 12.6 Å². The molecule has 22 heavy (non-hydrogen) atoms. The maximum absolute atomic E-state index is 13.4. The number of benzene rings is 1. The van der Waals surface area contributed by atoms with E-state index >= 15 is 0 Å². The molecule has 1 aliphatic rings. The quantitative estimate of drug-likeness (QED) is 0.845. The number of rotatable bonds is 4. The molecule has 0 unspecified atom stereocenters. The van der Waals surface area contributed by atoms with Crippen LogP contribution in [0.3, 0.4) is 0 Å². The fraction of sp³-hybridized carbons (Fsp3) is 0.500. The van der Waals surface area contributed by atoms with E-state index in [4.69, 9.17) is 5.11 Å². The number of aliphatic hydroxyl groups is 1. The summed E-state index contributed by atoms with van der Waals surface area (Å²) in [5, 5.41) is 9.14. The minimum Gasteiger partial charge on any atom is -0.404 e. The first kappa shape index (κ1) is 17.0. The van der Waals surface area contributed by atoms with Crippen LogP contribution in [-0.4, -0.2) is 49.6 Å². The van der Waals surface area contributed by atoms with Gasteiger partial charge in [-0.15, -0.1) is 13.2 Å². The molecule has 0 radical (unpaired) electrons. The van der Waals surface area contributed by atoms with Gasteiger partial charge in [0.2, 0.25) is 10.0 Å². The smallest absolute Gasteiger partial charge is 0.404 e. The number of ether oxygens (including phenoxy) is 1. The lowest BCUT2D eigenvalue weighted by Gasteiger charge is -2.23. The van der Waals surface area contributed by atoms with Crippen molar-refractivity contribution in [1.82, 2.24) is 4.31 Å². The number of alkyl halides is 4. The van der Waals surface area contributed by atoms with Crippen LogP contribution in [0.2, 0.25) is 0 Å². The van der Waals surface area contributed by atoms with Gasteiger partial charge in [-0.3, -0.25) is 0 Å². The van der Waals surface area contributed by atoms with Gasteiger partial charge in [-0.1, -0.05) is 12.1 Å². The van der Waals surface area contributed by atoms with E-state index in [2.05, 4.69) is 4.74 Å². The number of para-hydroxylation sites is 1. The highest BCUT2D eigenvalue weighted by atomic mass is 32.2. The Hall–Kier alpha value is -1.39. The van der Waals surface area contributed by atoms with Gasteiger partial charge in [0.15, 0.2) is 0 Å². The highest BCUT2D eigenvalue weighted by Gasteiger charge is 2.42. The second-order valence-corrected chi connectivity index (χ2v) is 6.60. The minimum atomic E-state index is -5.06. The van der Waals surface area contributed by atoms with E-state index in [1.165, 1.54) is 12.1 Å². The monoisotopic (exact) mass is 343 g/mol. The van der Waals surface area contributed by atoms with Gasteiger partial charge in [0, 0.05) is 6.54 Å². The Morgan fingerprint density at radius 1 is 1.32 bits per heavy atom. The Bertz CT molecular complexity index is 634. The molecule has 1 heterocycles. The topological polar surface area (TPSA) is 66.8 Å². The predicted molar refractivity (Wildman–Crippen MR) is 67.4 cm³/mol. The standard InChI is InChI=1S/C12H13F4NO4S/c13-8-5-9(7-18)17(6-8)22(19,20)11-4-2-1-3-10(11)21-12(14,15)16/h1-4,8-9,18H,5-7H2/t8-,9-/m0/s1. The van der Waals surface area contributed by atoms with Crippen molar-refractivity contribution in [3.63, 3.8) is 0 Å². The molecule has 2 atom stereocenters. The maximum atomic E-state index is 13.4.